The van der Waals surface area contributed by atoms with E-state index in [2.05, 4.69) is 17.6 Å². The van der Waals surface area contributed by atoms with Crippen molar-refractivity contribution in [2.75, 3.05) is 19.6 Å². The first-order valence-electron chi connectivity index (χ1n) is 6.21. The molecule has 0 spiro atoms. The molecule has 2 N–H and O–H groups in total. The monoisotopic (exact) mass is 234 g/mol. The van der Waals surface area contributed by atoms with Crippen molar-refractivity contribution in [3.05, 3.63) is 34.9 Å². The summed E-state index contributed by atoms with van der Waals surface area (Å²) in [5.41, 5.74) is 3.12. The van der Waals surface area contributed by atoms with Crippen molar-refractivity contribution >= 4 is 5.91 Å². The number of nitrogens with one attached hydrogen (secondary N) is 2. The van der Waals surface area contributed by atoms with Crippen LogP contribution in [-0.2, 0) is 0 Å². The Bertz CT molecular complexity index is 374. The minimum absolute atomic E-state index is 0.0181. The van der Waals surface area contributed by atoms with Gasteiger partial charge in [0.1, 0.15) is 0 Å². The predicted molar refractivity (Wildman–Crippen MR) is 71.4 cm³/mol. The fourth-order valence-electron chi connectivity index (χ4n) is 1.58. The van der Waals surface area contributed by atoms with Crippen LogP contribution >= 0.6 is 0 Å². The van der Waals surface area contributed by atoms with E-state index in [0.29, 0.717) is 0 Å². The standard InChI is InChI=1S/C14H22N2O/c1-4-15-8-5-9-16-14(17)13-7-6-11(2)12(3)10-13/h6-7,10,15H,4-5,8-9H2,1-3H3,(H,16,17). The lowest BCUT2D eigenvalue weighted by Crippen LogP contribution is -2.27. The third-order valence-electron chi connectivity index (χ3n) is 2.83. The van der Waals surface area contributed by atoms with E-state index < -0.39 is 0 Å². The van der Waals surface area contributed by atoms with Gasteiger partial charge in [0.2, 0.25) is 0 Å². The molecule has 1 aromatic rings. The molecule has 0 saturated heterocycles. The summed E-state index contributed by atoms with van der Waals surface area (Å²) in [4.78, 5) is 11.8. The molecule has 1 amide bonds. The molecule has 1 rings (SSSR count). The quantitative estimate of drug-likeness (QED) is 0.739. The van der Waals surface area contributed by atoms with Crippen molar-refractivity contribution < 1.29 is 4.79 Å². The number of benzene rings is 1. The summed E-state index contributed by atoms with van der Waals surface area (Å²) in [7, 11) is 0. The average Bonchev–Trinajstić information content (AvgIpc) is 2.32. The maximum absolute atomic E-state index is 11.8. The summed E-state index contributed by atoms with van der Waals surface area (Å²) in [6, 6.07) is 5.81. The lowest BCUT2D eigenvalue weighted by atomic mass is 10.1. The zero-order valence-corrected chi connectivity index (χ0v) is 11.0. The molecule has 1 aromatic carbocycles. The van der Waals surface area contributed by atoms with Gasteiger partial charge in [-0.05, 0) is 56.6 Å². The molecule has 3 nitrogen and oxygen atoms in total. The van der Waals surface area contributed by atoms with Crippen LogP contribution in [0.5, 0.6) is 0 Å². The average molecular weight is 234 g/mol. The van der Waals surface area contributed by atoms with E-state index in [9.17, 15) is 4.79 Å². The lowest BCUT2D eigenvalue weighted by molar-refractivity contribution is 0.0953. The maximum Gasteiger partial charge on any atom is 0.251 e. The van der Waals surface area contributed by atoms with E-state index in [1.165, 1.54) is 5.56 Å². The molecule has 0 heterocycles. The van der Waals surface area contributed by atoms with Crippen LogP contribution in [-0.4, -0.2) is 25.5 Å². The van der Waals surface area contributed by atoms with Crippen LogP contribution in [0.1, 0.15) is 34.8 Å². The SMILES string of the molecule is CCNCCCNC(=O)c1ccc(C)c(C)c1. The molecule has 0 aliphatic heterocycles. The molecule has 3 heteroatoms. The lowest BCUT2D eigenvalue weighted by Gasteiger charge is -2.07. The second kappa shape index (κ2) is 7.07. The summed E-state index contributed by atoms with van der Waals surface area (Å²) in [5, 5.41) is 6.15. The molecular weight excluding hydrogens is 212 g/mol. The van der Waals surface area contributed by atoms with Crippen LogP contribution in [0.4, 0.5) is 0 Å². The Balaban J connectivity index is 2.39. The highest BCUT2D eigenvalue weighted by Crippen LogP contribution is 2.09. The number of carbonyl (C=O) groups is 1. The van der Waals surface area contributed by atoms with Gasteiger partial charge in [-0.2, -0.15) is 0 Å². The topological polar surface area (TPSA) is 41.1 Å². The van der Waals surface area contributed by atoms with Crippen molar-refractivity contribution in [1.29, 1.82) is 0 Å². The van der Waals surface area contributed by atoms with E-state index in [0.717, 1.165) is 37.2 Å². The smallest absolute Gasteiger partial charge is 0.251 e. The van der Waals surface area contributed by atoms with Gasteiger partial charge in [-0.1, -0.05) is 13.0 Å². The van der Waals surface area contributed by atoms with E-state index >= 15 is 0 Å². The third-order valence-corrected chi connectivity index (χ3v) is 2.83. The van der Waals surface area contributed by atoms with Crippen molar-refractivity contribution in [3.63, 3.8) is 0 Å². The Morgan fingerprint density at radius 3 is 2.59 bits per heavy atom. The van der Waals surface area contributed by atoms with E-state index in [-0.39, 0.29) is 5.91 Å². The van der Waals surface area contributed by atoms with Gasteiger partial charge in [0.05, 0.1) is 0 Å². The summed E-state index contributed by atoms with van der Waals surface area (Å²) in [5.74, 6) is 0.0181. The predicted octanol–water partition coefficient (Wildman–Crippen LogP) is 2.03. The van der Waals surface area contributed by atoms with Crippen LogP contribution in [0.2, 0.25) is 0 Å². The normalized spacial score (nSPS) is 10.3. The molecule has 0 aliphatic carbocycles. The van der Waals surface area contributed by atoms with Crippen LogP contribution in [0, 0.1) is 13.8 Å². The first-order valence-corrected chi connectivity index (χ1v) is 6.21. The first kappa shape index (κ1) is 13.7. The number of carbonyl (C=O) groups excluding carboxylic acids is 1. The summed E-state index contributed by atoms with van der Waals surface area (Å²) < 4.78 is 0. The largest absolute Gasteiger partial charge is 0.352 e. The van der Waals surface area contributed by atoms with Crippen LogP contribution in [0.25, 0.3) is 0 Å². The van der Waals surface area contributed by atoms with E-state index in [1.54, 1.807) is 0 Å². The number of rotatable bonds is 6. The van der Waals surface area contributed by atoms with Crippen molar-refractivity contribution in [1.82, 2.24) is 10.6 Å². The van der Waals surface area contributed by atoms with E-state index in [4.69, 9.17) is 0 Å². The minimum Gasteiger partial charge on any atom is -0.352 e. The Labute approximate surface area is 104 Å². The van der Waals surface area contributed by atoms with Crippen LogP contribution < -0.4 is 10.6 Å². The molecule has 0 radical (unpaired) electrons. The van der Waals surface area contributed by atoms with Gasteiger partial charge in [0.25, 0.3) is 5.91 Å². The Hall–Kier alpha value is -1.35. The number of hydrogen-bond donors (Lipinski definition) is 2. The molecule has 0 fully saturated rings. The van der Waals surface area contributed by atoms with Crippen molar-refractivity contribution in [2.45, 2.75) is 27.2 Å². The molecule has 0 bridgehead atoms. The highest BCUT2D eigenvalue weighted by molar-refractivity contribution is 5.94. The van der Waals surface area contributed by atoms with Gasteiger partial charge >= 0.3 is 0 Å². The molecule has 0 saturated carbocycles. The van der Waals surface area contributed by atoms with Crippen LogP contribution in [0.3, 0.4) is 0 Å². The molecule has 17 heavy (non-hydrogen) atoms. The zero-order chi connectivity index (χ0) is 12.7. The van der Waals surface area contributed by atoms with Gasteiger partial charge in [0, 0.05) is 12.1 Å². The van der Waals surface area contributed by atoms with Gasteiger partial charge in [-0.25, -0.2) is 0 Å². The molecule has 0 aromatic heterocycles. The third kappa shape index (κ3) is 4.57. The number of amides is 1. The van der Waals surface area contributed by atoms with E-state index in [1.807, 2.05) is 32.0 Å². The van der Waals surface area contributed by atoms with Gasteiger partial charge in [-0.15, -0.1) is 0 Å². The second-order valence-corrected chi connectivity index (χ2v) is 4.26. The van der Waals surface area contributed by atoms with Crippen molar-refractivity contribution in [3.8, 4) is 0 Å². The second-order valence-electron chi connectivity index (χ2n) is 4.26. The number of aryl methyl sites for hydroxylation is 2. The molecule has 0 atom stereocenters. The van der Waals surface area contributed by atoms with Gasteiger partial charge in [0.15, 0.2) is 0 Å². The molecule has 94 valence electrons. The highest BCUT2D eigenvalue weighted by Gasteiger charge is 2.05. The Morgan fingerprint density at radius 1 is 1.18 bits per heavy atom. The Morgan fingerprint density at radius 2 is 1.94 bits per heavy atom. The highest BCUT2D eigenvalue weighted by atomic mass is 16.1. The Kier molecular flexibility index (Phi) is 5.70. The van der Waals surface area contributed by atoms with Crippen molar-refractivity contribution in [2.24, 2.45) is 0 Å². The molecule has 0 unspecified atom stereocenters. The van der Waals surface area contributed by atoms with Gasteiger partial charge in [-0.3, -0.25) is 4.79 Å². The van der Waals surface area contributed by atoms with Gasteiger partial charge < -0.3 is 10.6 Å². The fraction of sp³-hybridized carbons (Fsp3) is 0.500. The minimum atomic E-state index is 0.0181. The maximum atomic E-state index is 11.8. The number of hydrogen-bond acceptors (Lipinski definition) is 2. The molecular formula is C14H22N2O. The summed E-state index contributed by atoms with van der Waals surface area (Å²) in [6.07, 6.45) is 0.963. The van der Waals surface area contributed by atoms with Crippen LogP contribution in [0.15, 0.2) is 18.2 Å². The molecule has 0 aliphatic rings. The zero-order valence-electron chi connectivity index (χ0n) is 11.0. The summed E-state index contributed by atoms with van der Waals surface area (Å²) in [6.45, 7) is 8.80. The first-order chi connectivity index (χ1) is 8.15. The fourth-order valence-corrected chi connectivity index (χ4v) is 1.58. The summed E-state index contributed by atoms with van der Waals surface area (Å²) >= 11 is 0.